The van der Waals surface area contributed by atoms with Gasteiger partial charge in [-0.2, -0.15) is 13.2 Å². The zero-order chi connectivity index (χ0) is 16.9. The number of likely N-dealkylation sites (N-methyl/N-ethyl adjacent to an activating group) is 1. The molecule has 0 radical (unpaired) electrons. The second-order valence-electron chi connectivity index (χ2n) is 4.72. The Bertz CT molecular complexity index is 562. The van der Waals surface area contributed by atoms with Gasteiger partial charge < -0.3 is 10.2 Å². The van der Waals surface area contributed by atoms with Crippen LogP contribution in [0.15, 0.2) is 18.2 Å². The normalized spacial score (nSPS) is 11.2. The van der Waals surface area contributed by atoms with Crippen LogP contribution in [0.3, 0.4) is 0 Å². The highest BCUT2D eigenvalue weighted by Crippen LogP contribution is 2.36. The van der Waals surface area contributed by atoms with Gasteiger partial charge in [-0.15, -0.1) is 0 Å². The number of rotatable bonds is 4. The van der Waals surface area contributed by atoms with Crippen molar-refractivity contribution in [3.63, 3.8) is 0 Å². The van der Waals surface area contributed by atoms with Crippen LogP contribution in [0.4, 0.5) is 18.9 Å². The number of carbonyl (C=O) groups excluding carboxylic acids is 2. The highest BCUT2D eigenvalue weighted by atomic mass is 35.5. The van der Waals surface area contributed by atoms with Crippen molar-refractivity contribution < 1.29 is 22.8 Å². The second-order valence-corrected chi connectivity index (χ2v) is 5.16. The van der Waals surface area contributed by atoms with Crippen LogP contribution in [-0.2, 0) is 15.8 Å². The summed E-state index contributed by atoms with van der Waals surface area (Å²) in [5, 5.41) is 1.88. The van der Waals surface area contributed by atoms with E-state index in [1.54, 1.807) is 0 Å². The van der Waals surface area contributed by atoms with Gasteiger partial charge in [-0.3, -0.25) is 9.59 Å². The predicted octanol–water partition coefficient (Wildman–Crippen LogP) is 3.56. The molecule has 0 bridgehead atoms. The SMILES string of the molecule is CCCCN(C)C(=O)C(=O)Nc1ccc(Cl)cc1C(F)(F)F. The summed E-state index contributed by atoms with van der Waals surface area (Å²) in [6.45, 7) is 2.28. The van der Waals surface area contributed by atoms with Crippen LogP contribution in [0.1, 0.15) is 25.3 Å². The van der Waals surface area contributed by atoms with Crippen molar-refractivity contribution in [3.8, 4) is 0 Å². The topological polar surface area (TPSA) is 49.4 Å². The number of hydrogen-bond donors (Lipinski definition) is 1. The summed E-state index contributed by atoms with van der Waals surface area (Å²) in [5.74, 6) is -2.01. The number of halogens is 4. The molecule has 0 spiro atoms. The minimum atomic E-state index is -4.69. The number of benzene rings is 1. The lowest BCUT2D eigenvalue weighted by Crippen LogP contribution is -2.37. The molecule has 0 aliphatic rings. The van der Waals surface area contributed by atoms with Crippen LogP contribution >= 0.6 is 11.6 Å². The Kier molecular flexibility index (Phi) is 6.22. The summed E-state index contributed by atoms with van der Waals surface area (Å²) in [7, 11) is 1.42. The number of amides is 2. The first-order valence-electron chi connectivity index (χ1n) is 6.60. The van der Waals surface area contributed by atoms with Crippen LogP contribution < -0.4 is 5.32 Å². The largest absolute Gasteiger partial charge is 0.418 e. The first-order valence-corrected chi connectivity index (χ1v) is 6.97. The molecule has 0 heterocycles. The Morgan fingerprint density at radius 1 is 1.32 bits per heavy atom. The van der Waals surface area contributed by atoms with Gasteiger partial charge in [-0.1, -0.05) is 24.9 Å². The Labute approximate surface area is 131 Å². The fraction of sp³-hybridized carbons (Fsp3) is 0.429. The van der Waals surface area contributed by atoms with Crippen molar-refractivity contribution in [2.75, 3.05) is 18.9 Å². The van der Waals surface area contributed by atoms with Gasteiger partial charge in [0.2, 0.25) is 0 Å². The van der Waals surface area contributed by atoms with Gasteiger partial charge in [0.25, 0.3) is 0 Å². The third-order valence-electron chi connectivity index (χ3n) is 2.92. The summed E-state index contributed by atoms with van der Waals surface area (Å²) < 4.78 is 38.7. The van der Waals surface area contributed by atoms with Gasteiger partial charge in [0, 0.05) is 18.6 Å². The fourth-order valence-corrected chi connectivity index (χ4v) is 1.88. The van der Waals surface area contributed by atoms with Crippen molar-refractivity contribution in [1.82, 2.24) is 4.90 Å². The first kappa shape index (κ1) is 18.3. The zero-order valence-corrected chi connectivity index (χ0v) is 12.9. The molecule has 1 rings (SSSR count). The van der Waals surface area contributed by atoms with Crippen LogP contribution in [0.5, 0.6) is 0 Å². The zero-order valence-electron chi connectivity index (χ0n) is 12.1. The van der Waals surface area contributed by atoms with Gasteiger partial charge in [-0.05, 0) is 24.6 Å². The highest BCUT2D eigenvalue weighted by molar-refractivity contribution is 6.39. The Hall–Kier alpha value is -1.76. The number of carbonyl (C=O) groups is 2. The van der Waals surface area contributed by atoms with E-state index in [-0.39, 0.29) is 5.02 Å². The Morgan fingerprint density at radius 2 is 1.95 bits per heavy atom. The molecule has 4 nitrogen and oxygen atoms in total. The lowest BCUT2D eigenvalue weighted by Gasteiger charge is -2.18. The smallest absolute Gasteiger partial charge is 0.338 e. The summed E-state index contributed by atoms with van der Waals surface area (Å²) in [6.07, 6.45) is -3.16. The number of hydrogen-bond acceptors (Lipinski definition) is 2. The molecule has 1 N–H and O–H groups in total. The molecule has 0 unspecified atom stereocenters. The average Bonchev–Trinajstić information content (AvgIpc) is 2.44. The molecule has 1 aromatic carbocycles. The van der Waals surface area contributed by atoms with E-state index < -0.39 is 29.2 Å². The highest BCUT2D eigenvalue weighted by Gasteiger charge is 2.34. The molecule has 0 atom stereocenters. The summed E-state index contributed by atoms with van der Waals surface area (Å²) in [5.41, 5.74) is -1.60. The molecule has 22 heavy (non-hydrogen) atoms. The molecule has 0 aliphatic carbocycles. The lowest BCUT2D eigenvalue weighted by atomic mass is 10.1. The monoisotopic (exact) mass is 336 g/mol. The van der Waals surface area contributed by atoms with Crippen molar-refractivity contribution in [3.05, 3.63) is 28.8 Å². The summed E-state index contributed by atoms with van der Waals surface area (Å²) >= 11 is 5.54. The van der Waals surface area contributed by atoms with Crippen molar-refractivity contribution in [2.24, 2.45) is 0 Å². The number of unbranched alkanes of at least 4 members (excludes halogenated alkanes) is 1. The van der Waals surface area contributed by atoms with E-state index in [0.717, 1.165) is 12.5 Å². The first-order chi connectivity index (χ1) is 10.2. The maximum atomic E-state index is 12.9. The standard InChI is InChI=1S/C14H16ClF3N2O2/c1-3-4-7-20(2)13(22)12(21)19-11-6-5-9(15)8-10(11)14(16,17)18/h5-6,8H,3-4,7H2,1-2H3,(H,19,21). The van der Waals surface area contributed by atoms with E-state index in [9.17, 15) is 22.8 Å². The summed E-state index contributed by atoms with van der Waals surface area (Å²) in [4.78, 5) is 24.7. The van der Waals surface area contributed by atoms with Crippen LogP contribution in [0.2, 0.25) is 5.02 Å². The molecule has 0 fully saturated rings. The average molecular weight is 337 g/mol. The molecular formula is C14H16ClF3N2O2. The van der Waals surface area contributed by atoms with E-state index >= 15 is 0 Å². The molecule has 1 aromatic rings. The number of nitrogens with one attached hydrogen (secondary N) is 1. The third-order valence-corrected chi connectivity index (χ3v) is 3.16. The number of alkyl halides is 3. The molecule has 122 valence electrons. The maximum Gasteiger partial charge on any atom is 0.418 e. The lowest BCUT2D eigenvalue weighted by molar-refractivity contribution is -0.142. The minimum Gasteiger partial charge on any atom is -0.338 e. The number of anilines is 1. The van der Waals surface area contributed by atoms with Gasteiger partial charge in [0.05, 0.1) is 11.3 Å². The minimum absolute atomic E-state index is 0.114. The van der Waals surface area contributed by atoms with Crippen LogP contribution in [0, 0.1) is 0 Å². The van der Waals surface area contributed by atoms with Crippen molar-refractivity contribution in [2.45, 2.75) is 25.9 Å². The van der Waals surface area contributed by atoms with E-state index in [0.29, 0.717) is 19.0 Å². The second kappa shape index (κ2) is 7.49. The van der Waals surface area contributed by atoms with Crippen molar-refractivity contribution >= 4 is 29.1 Å². The maximum absolute atomic E-state index is 12.9. The van der Waals surface area contributed by atoms with E-state index in [1.807, 2.05) is 12.2 Å². The molecule has 8 heteroatoms. The number of nitrogens with zero attached hydrogens (tertiary/aromatic N) is 1. The molecular weight excluding hydrogens is 321 g/mol. The van der Waals surface area contributed by atoms with Gasteiger partial charge >= 0.3 is 18.0 Å². The molecule has 2 amide bonds. The van der Waals surface area contributed by atoms with Crippen LogP contribution in [-0.4, -0.2) is 30.3 Å². The molecule has 0 saturated carbocycles. The van der Waals surface area contributed by atoms with Crippen LogP contribution in [0.25, 0.3) is 0 Å². The third kappa shape index (κ3) is 4.91. The van der Waals surface area contributed by atoms with Gasteiger partial charge in [0.15, 0.2) is 0 Å². The molecule has 0 aromatic heterocycles. The molecule has 0 saturated heterocycles. The fourth-order valence-electron chi connectivity index (χ4n) is 1.71. The summed E-state index contributed by atoms with van der Waals surface area (Å²) in [6, 6.07) is 2.92. The van der Waals surface area contributed by atoms with E-state index in [2.05, 4.69) is 0 Å². The quantitative estimate of drug-likeness (QED) is 0.855. The predicted molar refractivity (Wildman–Crippen MR) is 77.6 cm³/mol. The van der Waals surface area contributed by atoms with Gasteiger partial charge in [0.1, 0.15) is 0 Å². The molecule has 0 aliphatic heterocycles. The Morgan fingerprint density at radius 3 is 2.50 bits per heavy atom. The van der Waals surface area contributed by atoms with E-state index in [1.165, 1.54) is 18.0 Å². The van der Waals surface area contributed by atoms with Gasteiger partial charge in [-0.25, -0.2) is 0 Å². The van der Waals surface area contributed by atoms with E-state index in [4.69, 9.17) is 11.6 Å². The Balaban J connectivity index is 2.91. The van der Waals surface area contributed by atoms with Crippen molar-refractivity contribution in [1.29, 1.82) is 0 Å².